The molecule has 1 amide bonds. The van der Waals surface area contributed by atoms with Crippen molar-refractivity contribution < 1.29 is 12.6 Å². The minimum Gasteiger partial charge on any atom is -0.493 e. The number of aryl methyl sites for hydroxylation is 1. The predicted molar refractivity (Wildman–Crippen MR) is 133 cm³/mol. The molecule has 0 spiro atoms. The number of aromatic amines is 1. The van der Waals surface area contributed by atoms with Crippen LogP contribution in [0.3, 0.4) is 0 Å². The minimum atomic E-state index is -0.179. The van der Waals surface area contributed by atoms with E-state index in [2.05, 4.69) is 25.5 Å². The summed E-state index contributed by atoms with van der Waals surface area (Å²) in [6, 6.07) is 8.94. The Balaban J connectivity index is 1.61. The van der Waals surface area contributed by atoms with Gasteiger partial charge < -0.3 is 13.1 Å². The summed E-state index contributed by atoms with van der Waals surface area (Å²) in [5.74, 6) is 1.57. The zero-order valence-corrected chi connectivity index (χ0v) is 20.6. The molecule has 0 radical (unpaired) electrons. The highest BCUT2D eigenvalue weighted by Crippen LogP contribution is 2.37. The smallest absolute Gasteiger partial charge is 0.251 e. The number of carbonyl (C=O) groups excluding carboxylic acids is 1. The summed E-state index contributed by atoms with van der Waals surface area (Å²) in [6.45, 7) is 2.91. The van der Waals surface area contributed by atoms with Crippen LogP contribution in [0.5, 0.6) is 11.6 Å². The first-order chi connectivity index (χ1) is 16.1. The summed E-state index contributed by atoms with van der Waals surface area (Å²) in [6.07, 6.45) is 4.52. The van der Waals surface area contributed by atoms with E-state index in [0.29, 0.717) is 58.6 Å². The molecule has 0 bridgehead atoms. The van der Waals surface area contributed by atoms with E-state index in [1.54, 1.807) is 47.4 Å². The molecule has 33 heavy (non-hydrogen) atoms. The van der Waals surface area contributed by atoms with Gasteiger partial charge in [-0.15, -0.1) is 0 Å². The number of rotatable bonds is 9. The third-order valence-corrected chi connectivity index (χ3v) is 5.66. The van der Waals surface area contributed by atoms with E-state index in [-0.39, 0.29) is 5.91 Å². The fraction of sp³-hybridized carbons (Fsp3) is 0.227. The van der Waals surface area contributed by atoms with E-state index in [9.17, 15) is 4.79 Å². The van der Waals surface area contributed by atoms with Crippen LogP contribution >= 0.6 is 34.6 Å². The Bertz CT molecular complexity index is 1270. The molecule has 0 aliphatic heterocycles. The Morgan fingerprint density at radius 1 is 1.24 bits per heavy atom. The molecule has 0 aliphatic rings. The monoisotopic (exact) mass is 578 g/mol. The number of amides is 1. The molecular weight excluding hydrogens is 559 g/mol. The maximum Gasteiger partial charge on any atom is 0.251 e. The fourth-order valence-electron chi connectivity index (χ4n) is 3.34. The lowest BCUT2D eigenvalue weighted by molar-refractivity contribution is 0.0953. The van der Waals surface area contributed by atoms with Gasteiger partial charge in [-0.2, -0.15) is 5.10 Å². The molecule has 0 unspecified atom stereocenters. The molecule has 170 valence electrons. The highest BCUT2D eigenvalue weighted by atomic mass is 127. The van der Waals surface area contributed by atoms with Crippen molar-refractivity contribution in [2.45, 2.75) is 19.8 Å². The van der Waals surface area contributed by atoms with Crippen molar-refractivity contribution in [3.8, 4) is 22.9 Å². The van der Waals surface area contributed by atoms with Gasteiger partial charge in [-0.25, -0.2) is 15.0 Å². The molecule has 0 aliphatic carbocycles. The highest BCUT2D eigenvalue weighted by Gasteiger charge is 2.16. The van der Waals surface area contributed by atoms with Crippen molar-refractivity contribution in [1.82, 2.24) is 30.5 Å². The van der Waals surface area contributed by atoms with Crippen LogP contribution in [-0.4, -0.2) is 44.2 Å². The fourth-order valence-corrected chi connectivity index (χ4v) is 4.05. The number of hydrogen-bond donors (Lipinski definition) is 2. The first kappa shape index (κ1) is 23.2. The van der Waals surface area contributed by atoms with Crippen LogP contribution in [0.25, 0.3) is 22.2 Å². The average Bonchev–Trinajstić information content (AvgIpc) is 3.35. The quantitative estimate of drug-likeness (QED) is 0.221. The number of fused-ring (bicyclic) bond motifs is 1. The molecule has 4 aromatic rings. The average molecular weight is 579 g/mol. The summed E-state index contributed by atoms with van der Waals surface area (Å²) in [5.41, 5.74) is 2.38. The van der Waals surface area contributed by atoms with E-state index in [1.807, 2.05) is 19.1 Å². The Hall–Kier alpha value is -2.99. The molecule has 0 fully saturated rings. The van der Waals surface area contributed by atoms with Crippen molar-refractivity contribution >= 4 is 51.4 Å². The maximum atomic E-state index is 12.7. The number of pyridine rings is 2. The van der Waals surface area contributed by atoms with E-state index < -0.39 is 0 Å². The van der Waals surface area contributed by atoms with E-state index in [4.69, 9.17) is 24.4 Å². The van der Waals surface area contributed by atoms with Crippen molar-refractivity contribution in [3.05, 3.63) is 59.3 Å². The highest BCUT2D eigenvalue weighted by molar-refractivity contribution is 14.1. The van der Waals surface area contributed by atoms with Gasteiger partial charge in [-0.3, -0.25) is 9.89 Å². The summed E-state index contributed by atoms with van der Waals surface area (Å²) in [7, 11) is 0. The van der Waals surface area contributed by atoms with Crippen molar-refractivity contribution in [1.29, 1.82) is 0 Å². The normalized spacial score (nSPS) is 10.9. The van der Waals surface area contributed by atoms with Gasteiger partial charge in [0.15, 0.2) is 23.0 Å². The second-order valence-corrected chi connectivity index (χ2v) is 7.84. The molecule has 1 aromatic carbocycles. The molecule has 3 heterocycles. The second-order valence-electron chi connectivity index (χ2n) is 7.02. The van der Waals surface area contributed by atoms with Crippen LogP contribution < -0.4 is 13.1 Å². The van der Waals surface area contributed by atoms with Crippen LogP contribution in [0.1, 0.15) is 29.5 Å². The molecule has 3 aromatic heterocycles. The first-order valence-electron chi connectivity index (χ1n) is 10.2. The Morgan fingerprint density at radius 3 is 2.88 bits per heavy atom. The lowest BCUT2D eigenvalue weighted by Gasteiger charge is -2.13. The van der Waals surface area contributed by atoms with Gasteiger partial charge in [0, 0.05) is 41.7 Å². The van der Waals surface area contributed by atoms with Gasteiger partial charge >= 0.3 is 0 Å². The molecule has 0 saturated carbocycles. The second kappa shape index (κ2) is 10.8. The third kappa shape index (κ3) is 5.33. The Kier molecular flexibility index (Phi) is 7.55. The Labute approximate surface area is 209 Å². The number of H-pyrrole nitrogens is 1. The number of ether oxygens (including phenoxy) is 1. The molecule has 2 N–H and O–H groups in total. The number of aromatic nitrogens is 5. The van der Waals surface area contributed by atoms with Gasteiger partial charge in [0.1, 0.15) is 22.9 Å². The number of halogens is 2. The van der Waals surface area contributed by atoms with E-state index >= 15 is 0 Å². The van der Waals surface area contributed by atoms with Gasteiger partial charge in [-0.05, 0) is 37.6 Å². The number of nitrogens with one attached hydrogen (secondary N) is 2. The van der Waals surface area contributed by atoms with Crippen molar-refractivity contribution in [2.24, 2.45) is 0 Å². The van der Waals surface area contributed by atoms with Gasteiger partial charge in [-0.1, -0.05) is 11.6 Å². The van der Waals surface area contributed by atoms with Crippen LogP contribution in [-0.2, 0) is 6.42 Å². The summed E-state index contributed by atoms with van der Waals surface area (Å²) in [5, 5.41) is 10.7. The van der Waals surface area contributed by atoms with Crippen LogP contribution in [0.4, 0.5) is 0 Å². The van der Waals surface area contributed by atoms with Crippen LogP contribution in [0.2, 0.25) is 5.02 Å². The molecule has 4 rings (SSSR count). The summed E-state index contributed by atoms with van der Waals surface area (Å²) >= 11 is 8.20. The largest absolute Gasteiger partial charge is 0.493 e. The zero-order chi connectivity index (χ0) is 23.2. The van der Waals surface area contributed by atoms with Crippen LogP contribution in [0.15, 0.2) is 42.9 Å². The van der Waals surface area contributed by atoms with Gasteiger partial charge in [0.25, 0.3) is 5.91 Å². The van der Waals surface area contributed by atoms with E-state index in [1.165, 1.54) is 6.33 Å². The number of carbonyl (C=O) groups is 1. The molecular formula is C22H20ClIN6O3. The third-order valence-electron chi connectivity index (χ3n) is 4.88. The molecule has 0 atom stereocenters. The van der Waals surface area contributed by atoms with Crippen molar-refractivity contribution in [2.75, 3.05) is 13.2 Å². The SMILES string of the molecule is CCOc1cc(-c2ccnc(OI)c2Cl)nc2cc(C(=O)NCCCc3ncn[nH]3)ccc12. The van der Waals surface area contributed by atoms with Crippen LogP contribution in [0, 0.1) is 0 Å². The topological polar surface area (TPSA) is 115 Å². The number of benzene rings is 1. The number of hydrogen-bond acceptors (Lipinski definition) is 7. The predicted octanol–water partition coefficient (Wildman–Crippen LogP) is 4.56. The van der Waals surface area contributed by atoms with Crippen molar-refractivity contribution in [3.63, 3.8) is 0 Å². The molecule has 11 heteroatoms. The Morgan fingerprint density at radius 2 is 2.12 bits per heavy atom. The lowest BCUT2D eigenvalue weighted by atomic mass is 10.1. The number of nitrogens with zero attached hydrogens (tertiary/aromatic N) is 4. The summed E-state index contributed by atoms with van der Waals surface area (Å²) < 4.78 is 11.0. The maximum absolute atomic E-state index is 12.7. The standard InChI is InChI=1S/C22H20ClIN6O3/c1-2-32-18-11-17(15-7-9-26-22(33-24)20(15)23)29-16-10-13(5-6-14(16)18)21(31)25-8-3-4-19-27-12-28-30-19/h5-7,9-12H,2-4,8H2,1H3,(H,25,31)(H,27,28,30). The summed E-state index contributed by atoms with van der Waals surface area (Å²) in [4.78, 5) is 25.6. The van der Waals surface area contributed by atoms with E-state index in [0.717, 1.165) is 17.6 Å². The van der Waals surface area contributed by atoms with Gasteiger partial charge in [0.2, 0.25) is 5.88 Å². The first-order valence-corrected chi connectivity index (χ1v) is 11.5. The lowest BCUT2D eigenvalue weighted by Crippen LogP contribution is -2.24. The molecule has 0 saturated heterocycles. The van der Waals surface area contributed by atoms with Gasteiger partial charge in [0.05, 0.1) is 17.8 Å². The zero-order valence-electron chi connectivity index (χ0n) is 17.6. The minimum absolute atomic E-state index is 0.179. The molecule has 9 nitrogen and oxygen atoms in total.